The van der Waals surface area contributed by atoms with Crippen LogP contribution in [0.1, 0.15) is 25.0 Å². The molecule has 0 bridgehead atoms. The van der Waals surface area contributed by atoms with E-state index in [9.17, 15) is 8.78 Å². The molecule has 2 N–H and O–H groups in total. The Labute approximate surface area is 159 Å². The van der Waals surface area contributed by atoms with Crippen LogP contribution in [-0.4, -0.2) is 38.9 Å². The van der Waals surface area contributed by atoms with Crippen molar-refractivity contribution >= 4 is 29.9 Å². The number of alkyl halides is 2. The Morgan fingerprint density at radius 2 is 1.96 bits per heavy atom. The standard InChI is InChI=1S/C16H25F2N3O2.HI/c1-11-6-7-13(23-14(17)18)12(8-11)9-20-15(19-4)21-10-16(2,3)22-5;/h6-8,14H,9-10H2,1-5H3,(H2,19,20,21);1H. The van der Waals surface area contributed by atoms with Crippen molar-refractivity contribution < 1.29 is 18.3 Å². The molecule has 0 radical (unpaired) electrons. The van der Waals surface area contributed by atoms with E-state index in [2.05, 4.69) is 20.4 Å². The number of benzene rings is 1. The number of nitrogens with one attached hydrogen (secondary N) is 2. The van der Waals surface area contributed by atoms with Gasteiger partial charge in [0, 0.05) is 32.8 Å². The van der Waals surface area contributed by atoms with Gasteiger partial charge in [-0.05, 0) is 26.8 Å². The second-order valence-electron chi connectivity index (χ2n) is 5.73. The Hall–Kier alpha value is -1.16. The van der Waals surface area contributed by atoms with Crippen LogP contribution < -0.4 is 15.4 Å². The van der Waals surface area contributed by atoms with Gasteiger partial charge < -0.3 is 20.1 Å². The minimum Gasteiger partial charge on any atom is -0.434 e. The van der Waals surface area contributed by atoms with Gasteiger partial charge in [0.1, 0.15) is 5.75 Å². The van der Waals surface area contributed by atoms with Gasteiger partial charge >= 0.3 is 6.61 Å². The van der Waals surface area contributed by atoms with Gasteiger partial charge in [-0.25, -0.2) is 0 Å². The Morgan fingerprint density at radius 3 is 2.50 bits per heavy atom. The van der Waals surface area contributed by atoms with Gasteiger partial charge in [0.25, 0.3) is 0 Å². The van der Waals surface area contributed by atoms with Gasteiger partial charge in [-0.3, -0.25) is 4.99 Å². The van der Waals surface area contributed by atoms with Crippen LogP contribution in [-0.2, 0) is 11.3 Å². The van der Waals surface area contributed by atoms with Gasteiger partial charge in [-0.2, -0.15) is 8.78 Å². The summed E-state index contributed by atoms with van der Waals surface area (Å²) in [5, 5.41) is 6.21. The lowest BCUT2D eigenvalue weighted by atomic mass is 10.1. The summed E-state index contributed by atoms with van der Waals surface area (Å²) < 4.78 is 34.8. The lowest BCUT2D eigenvalue weighted by Gasteiger charge is -2.24. The number of hydrogen-bond acceptors (Lipinski definition) is 3. The first-order valence-corrected chi connectivity index (χ1v) is 7.31. The third-order valence-electron chi connectivity index (χ3n) is 3.34. The van der Waals surface area contributed by atoms with Crippen molar-refractivity contribution in [2.75, 3.05) is 20.7 Å². The molecular weight excluding hydrogens is 431 g/mol. The maximum absolute atomic E-state index is 12.5. The summed E-state index contributed by atoms with van der Waals surface area (Å²) in [5.74, 6) is 0.713. The highest BCUT2D eigenvalue weighted by Crippen LogP contribution is 2.21. The molecule has 1 aromatic rings. The molecule has 0 aliphatic heterocycles. The second kappa shape index (κ2) is 10.7. The van der Waals surface area contributed by atoms with Gasteiger partial charge in [-0.15, -0.1) is 24.0 Å². The number of halogens is 3. The van der Waals surface area contributed by atoms with Crippen molar-refractivity contribution in [3.63, 3.8) is 0 Å². The Morgan fingerprint density at radius 1 is 1.29 bits per heavy atom. The molecule has 0 unspecified atom stereocenters. The highest BCUT2D eigenvalue weighted by atomic mass is 127. The van der Waals surface area contributed by atoms with Crippen molar-refractivity contribution in [3.05, 3.63) is 29.3 Å². The Balaban J connectivity index is 0.00000529. The van der Waals surface area contributed by atoms with Crippen molar-refractivity contribution in [1.82, 2.24) is 10.6 Å². The van der Waals surface area contributed by atoms with E-state index >= 15 is 0 Å². The fourth-order valence-electron chi connectivity index (χ4n) is 1.83. The quantitative estimate of drug-likeness (QED) is 0.375. The van der Waals surface area contributed by atoms with Crippen molar-refractivity contribution in [3.8, 4) is 5.75 Å². The molecule has 0 fully saturated rings. The molecule has 0 saturated carbocycles. The summed E-state index contributed by atoms with van der Waals surface area (Å²) in [6.45, 7) is 3.81. The normalized spacial score (nSPS) is 11.9. The molecule has 138 valence electrons. The molecular formula is C16H26F2IN3O2. The van der Waals surface area contributed by atoms with Crippen molar-refractivity contribution in [1.29, 1.82) is 0 Å². The minimum atomic E-state index is -2.85. The smallest absolute Gasteiger partial charge is 0.387 e. The molecule has 1 rings (SSSR count). The van der Waals surface area contributed by atoms with Crippen LogP contribution in [0.25, 0.3) is 0 Å². The van der Waals surface area contributed by atoms with Crippen LogP contribution in [0.4, 0.5) is 8.78 Å². The van der Waals surface area contributed by atoms with E-state index in [1.807, 2.05) is 20.8 Å². The summed E-state index contributed by atoms with van der Waals surface area (Å²) in [7, 11) is 3.28. The van der Waals surface area contributed by atoms with E-state index in [4.69, 9.17) is 4.74 Å². The molecule has 0 saturated heterocycles. The van der Waals surface area contributed by atoms with Crippen LogP contribution in [0.5, 0.6) is 5.75 Å². The monoisotopic (exact) mass is 457 g/mol. The van der Waals surface area contributed by atoms with E-state index in [0.29, 0.717) is 24.6 Å². The van der Waals surface area contributed by atoms with Gasteiger partial charge in [0.15, 0.2) is 5.96 Å². The topological polar surface area (TPSA) is 54.9 Å². The van der Waals surface area contributed by atoms with E-state index in [0.717, 1.165) is 5.56 Å². The fourth-order valence-corrected chi connectivity index (χ4v) is 1.83. The molecule has 0 atom stereocenters. The third-order valence-corrected chi connectivity index (χ3v) is 3.34. The Kier molecular flexibility index (Phi) is 10.1. The number of rotatable bonds is 7. The largest absolute Gasteiger partial charge is 0.434 e. The fraction of sp³-hybridized carbons (Fsp3) is 0.562. The average molecular weight is 457 g/mol. The van der Waals surface area contributed by atoms with Crippen LogP contribution in [0.3, 0.4) is 0 Å². The second-order valence-corrected chi connectivity index (χ2v) is 5.73. The van der Waals surface area contributed by atoms with E-state index in [-0.39, 0.29) is 35.3 Å². The highest BCUT2D eigenvalue weighted by molar-refractivity contribution is 14.0. The summed E-state index contributed by atoms with van der Waals surface area (Å²) in [6.07, 6.45) is 0. The summed E-state index contributed by atoms with van der Waals surface area (Å²) in [6, 6.07) is 5.08. The average Bonchev–Trinajstić information content (AvgIpc) is 2.49. The number of guanidine groups is 1. The van der Waals surface area contributed by atoms with Crippen molar-refractivity contribution in [2.24, 2.45) is 4.99 Å². The van der Waals surface area contributed by atoms with Gasteiger partial charge in [0.05, 0.1) is 5.60 Å². The molecule has 5 nitrogen and oxygen atoms in total. The lowest BCUT2D eigenvalue weighted by molar-refractivity contribution is -0.0504. The lowest BCUT2D eigenvalue weighted by Crippen LogP contribution is -2.45. The van der Waals surface area contributed by atoms with Crippen molar-refractivity contribution in [2.45, 2.75) is 39.5 Å². The van der Waals surface area contributed by atoms with Crippen LogP contribution in [0.2, 0.25) is 0 Å². The van der Waals surface area contributed by atoms with Crippen LogP contribution in [0.15, 0.2) is 23.2 Å². The maximum atomic E-state index is 12.5. The summed E-state index contributed by atoms with van der Waals surface area (Å²) in [5.41, 5.74) is 1.26. The molecule has 24 heavy (non-hydrogen) atoms. The first-order chi connectivity index (χ1) is 10.8. The number of hydrogen-bond donors (Lipinski definition) is 2. The van der Waals surface area contributed by atoms with Crippen LogP contribution >= 0.6 is 24.0 Å². The molecule has 0 amide bonds. The zero-order chi connectivity index (χ0) is 17.5. The van der Waals surface area contributed by atoms with E-state index < -0.39 is 6.61 Å². The predicted octanol–water partition coefficient (Wildman–Crippen LogP) is 3.30. The zero-order valence-electron chi connectivity index (χ0n) is 14.7. The number of nitrogens with zero attached hydrogens (tertiary/aromatic N) is 1. The van der Waals surface area contributed by atoms with Crippen LogP contribution in [0, 0.1) is 6.92 Å². The summed E-state index contributed by atoms with van der Waals surface area (Å²) >= 11 is 0. The number of aliphatic imine (C=N–C) groups is 1. The number of aryl methyl sites for hydroxylation is 1. The SMILES string of the molecule is CN=C(NCc1cc(C)ccc1OC(F)F)NCC(C)(C)OC.I. The van der Waals surface area contributed by atoms with Gasteiger partial charge in [-0.1, -0.05) is 17.7 Å². The highest BCUT2D eigenvalue weighted by Gasteiger charge is 2.17. The number of methoxy groups -OCH3 is 1. The Bertz CT molecular complexity index is 540. The maximum Gasteiger partial charge on any atom is 0.387 e. The molecule has 0 spiro atoms. The third kappa shape index (κ3) is 8.09. The minimum absolute atomic E-state index is 0. The molecule has 8 heteroatoms. The predicted molar refractivity (Wildman–Crippen MR) is 103 cm³/mol. The van der Waals surface area contributed by atoms with E-state index in [1.165, 1.54) is 0 Å². The molecule has 1 aromatic carbocycles. The zero-order valence-corrected chi connectivity index (χ0v) is 17.0. The summed E-state index contributed by atoms with van der Waals surface area (Å²) in [4.78, 5) is 4.10. The molecule has 0 heterocycles. The number of ether oxygens (including phenoxy) is 2. The molecule has 0 aliphatic carbocycles. The first-order valence-electron chi connectivity index (χ1n) is 7.31. The molecule has 0 aromatic heterocycles. The first kappa shape index (κ1) is 22.8. The van der Waals surface area contributed by atoms with Gasteiger partial charge in [0.2, 0.25) is 0 Å². The molecule has 0 aliphatic rings. The van der Waals surface area contributed by atoms with E-state index in [1.54, 1.807) is 32.4 Å².